The maximum absolute atomic E-state index is 13.2. The van der Waals surface area contributed by atoms with Crippen LogP contribution in [0.15, 0.2) is 84.9 Å². The van der Waals surface area contributed by atoms with Crippen LogP contribution in [0.25, 0.3) is 0 Å². The lowest BCUT2D eigenvalue weighted by Crippen LogP contribution is -2.52. The van der Waals surface area contributed by atoms with Gasteiger partial charge >= 0.3 is 5.97 Å². The Kier molecular flexibility index (Phi) is 7.27. The third kappa shape index (κ3) is 5.55. The standard InChI is InChI=1S/C32H38N2O2/c1-32(2,3)36-31(35)26-17-11-10-16-25(26)27-20-30-28(33-21-23-12-6-4-7-13-23)18-19-29(27)34(30)22-24-14-8-5-9-15-24/h4-17,27-30,33H,18-22H2,1-3H3. The van der Waals surface area contributed by atoms with Gasteiger partial charge in [-0.3, -0.25) is 4.90 Å². The highest BCUT2D eigenvalue weighted by Crippen LogP contribution is 2.46. The molecule has 2 fully saturated rings. The van der Waals surface area contributed by atoms with Gasteiger partial charge in [0.05, 0.1) is 5.56 Å². The number of hydrogen-bond acceptors (Lipinski definition) is 4. The SMILES string of the molecule is CC(C)(C)OC(=O)c1ccccc1C1CC2C(NCc3ccccc3)CCC1N2Cc1ccccc1. The zero-order chi connectivity index (χ0) is 25.1. The van der Waals surface area contributed by atoms with E-state index in [9.17, 15) is 4.79 Å². The molecule has 1 N–H and O–H groups in total. The molecule has 0 spiro atoms. The van der Waals surface area contributed by atoms with Gasteiger partial charge < -0.3 is 10.1 Å². The van der Waals surface area contributed by atoms with Crippen molar-refractivity contribution in [3.8, 4) is 0 Å². The molecular weight excluding hydrogens is 444 g/mol. The molecule has 2 aliphatic heterocycles. The number of ether oxygens (including phenoxy) is 1. The Bertz CT molecular complexity index is 1160. The third-order valence-corrected chi connectivity index (χ3v) is 7.65. The first kappa shape index (κ1) is 24.7. The zero-order valence-corrected chi connectivity index (χ0v) is 21.7. The van der Waals surface area contributed by atoms with Gasteiger partial charge in [-0.1, -0.05) is 78.9 Å². The molecule has 3 aromatic rings. The number of benzene rings is 3. The van der Waals surface area contributed by atoms with Crippen LogP contribution in [0.1, 0.15) is 73.0 Å². The Morgan fingerprint density at radius 1 is 0.861 bits per heavy atom. The number of carbonyl (C=O) groups is 1. The number of nitrogens with one attached hydrogen (secondary N) is 1. The number of nitrogens with zero attached hydrogens (tertiary/aromatic N) is 1. The molecule has 2 bridgehead atoms. The minimum atomic E-state index is -0.512. The fraction of sp³-hybridized carbons (Fsp3) is 0.406. The van der Waals surface area contributed by atoms with Gasteiger partial charge in [-0.25, -0.2) is 4.79 Å². The summed E-state index contributed by atoms with van der Waals surface area (Å²) >= 11 is 0. The third-order valence-electron chi connectivity index (χ3n) is 7.65. The lowest BCUT2D eigenvalue weighted by molar-refractivity contribution is 0.00674. The summed E-state index contributed by atoms with van der Waals surface area (Å²) < 4.78 is 5.80. The summed E-state index contributed by atoms with van der Waals surface area (Å²) in [6.45, 7) is 7.61. The van der Waals surface area contributed by atoms with Crippen LogP contribution in [0.3, 0.4) is 0 Å². The normalized spacial score (nSPS) is 24.0. The molecule has 0 aliphatic carbocycles. The topological polar surface area (TPSA) is 41.6 Å². The van der Waals surface area contributed by atoms with E-state index in [1.165, 1.54) is 11.1 Å². The maximum atomic E-state index is 13.2. The quantitative estimate of drug-likeness (QED) is 0.400. The predicted octanol–water partition coefficient (Wildman–Crippen LogP) is 6.32. The molecule has 0 radical (unpaired) electrons. The van der Waals surface area contributed by atoms with Crippen molar-refractivity contribution in [3.05, 3.63) is 107 Å². The highest BCUT2D eigenvalue weighted by molar-refractivity contribution is 5.91. The highest BCUT2D eigenvalue weighted by atomic mass is 16.6. The summed E-state index contributed by atoms with van der Waals surface area (Å²) in [6.07, 6.45) is 3.31. The number of fused-ring (bicyclic) bond motifs is 2. The summed E-state index contributed by atoms with van der Waals surface area (Å²) in [5.74, 6) is 0.0962. The first-order valence-electron chi connectivity index (χ1n) is 13.3. The van der Waals surface area contributed by atoms with E-state index in [1.54, 1.807) is 0 Å². The fourth-order valence-corrected chi connectivity index (χ4v) is 6.12. The molecule has 3 aromatic carbocycles. The highest BCUT2D eigenvalue weighted by Gasteiger charge is 2.48. The molecule has 188 valence electrons. The molecule has 4 unspecified atom stereocenters. The van der Waals surface area contributed by atoms with Gasteiger partial charge in [0.2, 0.25) is 0 Å². The molecule has 4 nitrogen and oxygen atoms in total. The van der Waals surface area contributed by atoms with Crippen molar-refractivity contribution in [2.24, 2.45) is 0 Å². The molecule has 4 heteroatoms. The largest absolute Gasteiger partial charge is 0.456 e. The second-order valence-corrected chi connectivity index (χ2v) is 11.3. The summed E-state index contributed by atoms with van der Waals surface area (Å²) in [6, 6.07) is 30.8. The van der Waals surface area contributed by atoms with Crippen LogP contribution in [-0.2, 0) is 17.8 Å². The van der Waals surface area contributed by atoms with E-state index in [4.69, 9.17) is 4.74 Å². The van der Waals surface area contributed by atoms with Gasteiger partial charge in [-0.2, -0.15) is 0 Å². The average molecular weight is 483 g/mol. The van der Waals surface area contributed by atoms with Crippen molar-refractivity contribution < 1.29 is 9.53 Å². The number of piperidine rings is 1. The Morgan fingerprint density at radius 3 is 2.19 bits per heavy atom. The van der Waals surface area contributed by atoms with Crippen molar-refractivity contribution in [3.63, 3.8) is 0 Å². The van der Waals surface area contributed by atoms with Gasteiger partial charge in [-0.15, -0.1) is 0 Å². The van der Waals surface area contributed by atoms with Crippen molar-refractivity contribution in [2.75, 3.05) is 0 Å². The Morgan fingerprint density at radius 2 is 1.50 bits per heavy atom. The molecule has 4 atom stereocenters. The Balaban J connectivity index is 1.42. The Hall–Kier alpha value is -2.95. The smallest absolute Gasteiger partial charge is 0.338 e. The molecule has 2 heterocycles. The van der Waals surface area contributed by atoms with Crippen LogP contribution in [0.2, 0.25) is 0 Å². The lowest BCUT2D eigenvalue weighted by Gasteiger charge is -2.41. The molecule has 2 aliphatic rings. The Labute approximate surface area is 215 Å². The minimum absolute atomic E-state index is 0.215. The first-order chi connectivity index (χ1) is 17.4. The van der Waals surface area contributed by atoms with E-state index in [2.05, 4.69) is 83.0 Å². The van der Waals surface area contributed by atoms with Crippen LogP contribution in [-0.4, -0.2) is 34.6 Å². The van der Waals surface area contributed by atoms with Crippen molar-refractivity contribution in [2.45, 2.75) is 82.8 Å². The lowest BCUT2D eigenvalue weighted by atomic mass is 9.87. The molecule has 0 aromatic heterocycles. The molecule has 0 saturated carbocycles. The monoisotopic (exact) mass is 482 g/mol. The predicted molar refractivity (Wildman–Crippen MR) is 145 cm³/mol. The summed E-state index contributed by atoms with van der Waals surface area (Å²) in [4.78, 5) is 15.9. The van der Waals surface area contributed by atoms with Crippen LogP contribution >= 0.6 is 0 Å². The number of hydrogen-bond donors (Lipinski definition) is 1. The second-order valence-electron chi connectivity index (χ2n) is 11.3. The molecule has 2 saturated heterocycles. The van der Waals surface area contributed by atoms with Crippen LogP contribution in [0, 0.1) is 0 Å². The van der Waals surface area contributed by atoms with Gasteiger partial charge in [-0.05, 0) is 62.8 Å². The van der Waals surface area contributed by atoms with E-state index in [1.807, 2.05) is 32.9 Å². The summed E-state index contributed by atoms with van der Waals surface area (Å²) in [5, 5.41) is 3.89. The number of carbonyl (C=O) groups excluding carboxylic acids is 1. The van der Waals surface area contributed by atoms with Gasteiger partial charge in [0.25, 0.3) is 0 Å². The van der Waals surface area contributed by atoms with Crippen LogP contribution in [0.5, 0.6) is 0 Å². The van der Waals surface area contributed by atoms with E-state index < -0.39 is 5.60 Å². The van der Waals surface area contributed by atoms with E-state index in [0.717, 1.165) is 43.5 Å². The first-order valence-corrected chi connectivity index (χ1v) is 13.3. The molecule has 5 rings (SSSR count). The van der Waals surface area contributed by atoms with Crippen LogP contribution in [0.4, 0.5) is 0 Å². The zero-order valence-electron chi connectivity index (χ0n) is 21.7. The number of rotatable bonds is 7. The maximum Gasteiger partial charge on any atom is 0.338 e. The number of esters is 1. The summed E-state index contributed by atoms with van der Waals surface area (Å²) in [7, 11) is 0. The van der Waals surface area contributed by atoms with Crippen LogP contribution < -0.4 is 5.32 Å². The summed E-state index contributed by atoms with van der Waals surface area (Å²) in [5.41, 5.74) is 4.01. The molecule has 36 heavy (non-hydrogen) atoms. The van der Waals surface area contributed by atoms with E-state index in [0.29, 0.717) is 24.0 Å². The van der Waals surface area contributed by atoms with Crippen molar-refractivity contribution in [1.29, 1.82) is 0 Å². The van der Waals surface area contributed by atoms with Gasteiger partial charge in [0.1, 0.15) is 5.60 Å². The van der Waals surface area contributed by atoms with E-state index >= 15 is 0 Å². The van der Waals surface area contributed by atoms with Crippen molar-refractivity contribution in [1.82, 2.24) is 10.2 Å². The van der Waals surface area contributed by atoms with Gasteiger partial charge in [0, 0.05) is 37.1 Å². The molecular formula is C32H38N2O2. The van der Waals surface area contributed by atoms with Gasteiger partial charge in [0.15, 0.2) is 0 Å². The van der Waals surface area contributed by atoms with E-state index in [-0.39, 0.29) is 5.97 Å². The minimum Gasteiger partial charge on any atom is -0.456 e. The average Bonchev–Trinajstić information content (AvgIpc) is 3.10. The second kappa shape index (κ2) is 10.6. The molecule has 0 amide bonds. The van der Waals surface area contributed by atoms with Crippen molar-refractivity contribution >= 4 is 5.97 Å². The fourth-order valence-electron chi connectivity index (χ4n) is 6.12.